The fourth-order valence-corrected chi connectivity index (χ4v) is 0. The molecule has 0 N–H and O–H groups in total. The summed E-state index contributed by atoms with van der Waals surface area (Å²) in [6.45, 7) is 0. The molecule has 0 aromatic carbocycles. The molecule has 0 aliphatic rings. The summed E-state index contributed by atoms with van der Waals surface area (Å²) < 4.78 is 0. The van der Waals surface area contributed by atoms with Crippen molar-refractivity contribution in [2.75, 3.05) is 0 Å². The Morgan fingerprint density at radius 2 is 1.00 bits per heavy atom. The van der Waals surface area contributed by atoms with Crippen molar-refractivity contribution < 1.29 is 5.48 Å². The van der Waals surface area contributed by atoms with E-state index in [1.807, 2.05) is 0 Å². The van der Waals surface area contributed by atoms with E-state index in [2.05, 4.69) is 0 Å². The Labute approximate surface area is 93.7 Å². The van der Waals surface area contributed by atoms with Gasteiger partial charge in [-0.05, 0) is 0 Å². The minimum absolute atomic E-state index is 0. The maximum absolute atomic E-state index is 4.94. The van der Waals surface area contributed by atoms with Crippen LogP contribution in [0, 0.1) is 0 Å². The Balaban J connectivity index is -0.0000000450. The first-order chi connectivity index (χ1) is 1.73. The van der Waals surface area contributed by atoms with Crippen LogP contribution >= 0.6 is 30.1 Å². The van der Waals surface area contributed by atoms with Gasteiger partial charge in [0.05, 0.1) is 0 Å². The van der Waals surface area contributed by atoms with Gasteiger partial charge >= 0.3 is 60.3 Å². The standard InChI is InChI=1S/Al.Ba.3ClH.O/h;;3*1H;/q+3;+2;;;;-2/p-3. The zero-order valence-corrected chi connectivity index (χ0v) is 10.7. The van der Waals surface area contributed by atoms with Crippen LogP contribution in [0.5, 0.6) is 0 Å². The quantitative estimate of drug-likeness (QED) is 0.599. The van der Waals surface area contributed by atoms with E-state index < -0.39 is 11.4 Å². The van der Waals surface area contributed by atoms with Gasteiger partial charge in [-0.3, -0.25) is 0 Å². The van der Waals surface area contributed by atoms with Crippen molar-refractivity contribution in [2.45, 2.75) is 0 Å². The molecule has 0 unspecified atom stereocenters. The summed E-state index contributed by atoms with van der Waals surface area (Å²) in [4.78, 5) is 0. The molecule has 0 rings (SSSR count). The van der Waals surface area contributed by atoms with E-state index in [0.29, 0.717) is 0 Å². The Morgan fingerprint density at radius 1 is 1.00 bits per heavy atom. The van der Waals surface area contributed by atoms with Gasteiger partial charge in [0.2, 0.25) is 0 Å². The molecule has 32 valence electrons. The Hall–Kier alpha value is 2.93. The van der Waals surface area contributed by atoms with Crippen LogP contribution in [0.15, 0.2) is 0 Å². The summed E-state index contributed by atoms with van der Waals surface area (Å²) in [6.07, 6.45) is 0. The third-order valence-corrected chi connectivity index (χ3v) is 0. The molecule has 6 heteroatoms. The van der Waals surface area contributed by atoms with Gasteiger partial charge in [-0.15, -0.1) is 0 Å². The minimum Gasteiger partial charge on any atom is -2.00 e. The molecule has 0 radical (unpaired) electrons. The molecule has 0 heterocycles. The first-order valence-electron chi connectivity index (χ1n) is 0.655. The van der Waals surface area contributed by atoms with Crippen molar-refractivity contribution >= 4 is 90.4 Å². The van der Waals surface area contributed by atoms with E-state index >= 15 is 0 Å². The van der Waals surface area contributed by atoms with E-state index in [-0.39, 0.29) is 54.4 Å². The van der Waals surface area contributed by atoms with Gasteiger partial charge in [-0.2, -0.15) is 0 Å². The third kappa shape index (κ3) is 28.4. The molecule has 0 aromatic rings. The molecule has 0 atom stereocenters. The van der Waals surface area contributed by atoms with Gasteiger partial charge in [-0.25, -0.2) is 30.1 Å². The van der Waals surface area contributed by atoms with Crippen molar-refractivity contribution in [3.05, 3.63) is 0 Å². The summed E-state index contributed by atoms with van der Waals surface area (Å²) in [6, 6.07) is 0. The molecule has 0 fully saturated rings. The van der Waals surface area contributed by atoms with E-state index in [1.54, 1.807) is 0 Å². The average molecular weight is 287 g/mol. The van der Waals surface area contributed by atoms with Crippen LogP contribution in [-0.4, -0.2) is 60.3 Å². The predicted octanol–water partition coefficient (Wildman–Crippen LogP) is 1.19. The Morgan fingerprint density at radius 3 is 1.00 bits per heavy atom. The molecule has 6 heavy (non-hydrogen) atoms. The van der Waals surface area contributed by atoms with Gasteiger partial charge < -0.3 is 5.48 Å². The van der Waals surface area contributed by atoms with Gasteiger partial charge in [0.25, 0.3) is 0 Å². The van der Waals surface area contributed by atoms with Crippen LogP contribution in [0.3, 0.4) is 0 Å². The molecular formula is AlBaCl3O. The smallest absolute Gasteiger partial charge is 2.00 e. The van der Waals surface area contributed by atoms with Crippen LogP contribution in [0.2, 0.25) is 0 Å². The summed E-state index contributed by atoms with van der Waals surface area (Å²) in [5, 5.41) is 0. The predicted molar refractivity (Wildman–Crippen MR) is 29.8 cm³/mol. The molecule has 1 nitrogen and oxygen atoms in total. The van der Waals surface area contributed by atoms with Crippen molar-refractivity contribution in [1.82, 2.24) is 0 Å². The fraction of sp³-hybridized carbons (Fsp3) is 0. The number of rotatable bonds is 0. The van der Waals surface area contributed by atoms with Crippen molar-refractivity contribution in [3.8, 4) is 0 Å². The second-order valence-electron chi connectivity index (χ2n) is 0.247. The van der Waals surface area contributed by atoms with E-state index in [4.69, 9.17) is 30.1 Å². The monoisotopic (exact) mass is 286 g/mol. The molecular weight excluding hydrogens is 287 g/mol. The molecule has 0 spiro atoms. The Bertz CT molecular complexity index is 15.5. The topological polar surface area (TPSA) is 28.5 Å². The van der Waals surface area contributed by atoms with Crippen molar-refractivity contribution in [1.29, 1.82) is 0 Å². The number of hydrogen-bond acceptors (Lipinski definition) is 0. The second-order valence-corrected chi connectivity index (χ2v) is 6.68. The molecule has 0 amide bonds. The normalized spacial score (nSPS) is 4.50. The summed E-state index contributed by atoms with van der Waals surface area (Å²) in [7, 11) is 14.8. The largest absolute Gasteiger partial charge is 2.00 e. The first-order valence-corrected chi connectivity index (χ1v) is 5.89. The van der Waals surface area contributed by atoms with Gasteiger partial charge in [0.1, 0.15) is 0 Å². The first kappa shape index (κ1) is 16.0. The van der Waals surface area contributed by atoms with Crippen LogP contribution < -0.4 is 0 Å². The second kappa shape index (κ2) is 10.8. The fourth-order valence-electron chi connectivity index (χ4n) is 0. The van der Waals surface area contributed by atoms with Crippen LogP contribution in [-0.2, 0) is 5.48 Å². The van der Waals surface area contributed by atoms with E-state index in [1.165, 1.54) is 0 Å². The molecule has 0 bridgehead atoms. The van der Waals surface area contributed by atoms with Crippen molar-refractivity contribution in [3.63, 3.8) is 0 Å². The van der Waals surface area contributed by atoms with Crippen LogP contribution in [0.4, 0.5) is 0 Å². The van der Waals surface area contributed by atoms with Gasteiger partial charge in [0.15, 0.2) is 0 Å². The number of hydrogen-bond donors (Lipinski definition) is 0. The van der Waals surface area contributed by atoms with Crippen molar-refractivity contribution in [2.24, 2.45) is 0 Å². The third-order valence-electron chi connectivity index (χ3n) is 0. The summed E-state index contributed by atoms with van der Waals surface area (Å²) in [5.41, 5.74) is 0. The van der Waals surface area contributed by atoms with Gasteiger partial charge in [-0.1, -0.05) is 0 Å². The molecule has 0 saturated heterocycles. The Kier molecular flexibility index (Phi) is 28.8. The number of halogens is 3. The molecule has 0 aliphatic carbocycles. The van der Waals surface area contributed by atoms with Crippen LogP contribution in [0.25, 0.3) is 0 Å². The maximum Gasteiger partial charge on any atom is 2.00 e. The molecule has 0 aromatic heterocycles. The summed E-state index contributed by atoms with van der Waals surface area (Å²) >= 11 is -1.72. The van der Waals surface area contributed by atoms with E-state index in [9.17, 15) is 0 Å². The zero-order chi connectivity index (χ0) is 3.58. The maximum atomic E-state index is 4.94. The van der Waals surface area contributed by atoms with E-state index in [0.717, 1.165) is 0 Å². The molecule has 0 saturated carbocycles. The average Bonchev–Trinajstić information content (AvgIpc) is 0.811. The minimum atomic E-state index is -1.72. The van der Waals surface area contributed by atoms with Crippen LogP contribution in [0.1, 0.15) is 0 Å². The summed E-state index contributed by atoms with van der Waals surface area (Å²) in [5.74, 6) is 0. The van der Waals surface area contributed by atoms with Gasteiger partial charge in [0, 0.05) is 0 Å². The SMILES string of the molecule is [Ba+2].[Cl][Al]([Cl])[Cl].[O-2]. The molecule has 0 aliphatic heterocycles. The zero-order valence-electron chi connectivity index (χ0n) is 2.83.